The molecule has 1 aromatic rings. The molecule has 0 aromatic heterocycles. The first-order valence-electron chi connectivity index (χ1n) is 10.2. The van der Waals surface area contributed by atoms with E-state index in [0.717, 1.165) is 0 Å². The number of rotatable bonds is 11. The van der Waals surface area contributed by atoms with E-state index in [9.17, 15) is 24.3 Å². The predicted molar refractivity (Wildman–Crippen MR) is 112 cm³/mol. The van der Waals surface area contributed by atoms with Crippen molar-refractivity contribution in [3.8, 4) is 11.5 Å². The molecular formula is C21H29NO11. The van der Waals surface area contributed by atoms with Crippen LogP contribution in [0.4, 0.5) is 14.4 Å². The Morgan fingerprint density at radius 1 is 0.909 bits per heavy atom. The minimum absolute atomic E-state index is 0.0376. The van der Waals surface area contributed by atoms with Gasteiger partial charge in [-0.1, -0.05) is 6.07 Å². The van der Waals surface area contributed by atoms with Crippen molar-refractivity contribution >= 4 is 24.4 Å². The summed E-state index contributed by atoms with van der Waals surface area (Å²) in [5.74, 6) is -1.70. The molecule has 1 aromatic carbocycles. The fourth-order valence-electron chi connectivity index (χ4n) is 2.77. The lowest BCUT2D eigenvalue weighted by Gasteiger charge is -2.28. The molecule has 0 spiro atoms. The van der Waals surface area contributed by atoms with Crippen molar-refractivity contribution in [2.45, 2.75) is 52.2 Å². The number of carbonyl (C=O) groups excluding carboxylic acids is 3. The number of carboxylic acid groups (broad SMARTS) is 1. The maximum absolute atomic E-state index is 11.9. The Hall–Kier alpha value is -3.54. The molecule has 1 unspecified atom stereocenters. The maximum Gasteiger partial charge on any atom is 0.513 e. The van der Waals surface area contributed by atoms with Gasteiger partial charge in [0.25, 0.3) is 0 Å². The number of carboxylic acids is 1. The van der Waals surface area contributed by atoms with Crippen molar-refractivity contribution in [1.29, 1.82) is 0 Å². The summed E-state index contributed by atoms with van der Waals surface area (Å²) in [7, 11) is 0. The first-order chi connectivity index (χ1) is 15.5. The molecule has 0 radical (unpaired) electrons. The molecule has 0 saturated heterocycles. The fraction of sp³-hybridized carbons (Fsp3) is 0.524. The Kier molecular flexibility index (Phi) is 10.9. The second-order valence-electron chi connectivity index (χ2n) is 6.80. The third-order valence-corrected chi connectivity index (χ3v) is 4.08. The van der Waals surface area contributed by atoms with E-state index < -0.39 is 36.1 Å². The van der Waals surface area contributed by atoms with Crippen molar-refractivity contribution in [2.24, 2.45) is 5.73 Å². The largest absolute Gasteiger partial charge is 0.513 e. The zero-order valence-electron chi connectivity index (χ0n) is 19.0. The molecule has 184 valence electrons. The normalized spacial score (nSPS) is 13.1. The molecule has 2 atom stereocenters. The lowest BCUT2D eigenvalue weighted by atomic mass is 9.86. The topological polar surface area (TPSA) is 170 Å². The van der Waals surface area contributed by atoms with Crippen molar-refractivity contribution in [3.63, 3.8) is 0 Å². The van der Waals surface area contributed by atoms with E-state index in [4.69, 9.17) is 29.4 Å². The van der Waals surface area contributed by atoms with E-state index >= 15 is 0 Å². The van der Waals surface area contributed by atoms with E-state index in [0.29, 0.717) is 5.56 Å². The quantitative estimate of drug-likeness (QED) is 0.275. The number of carbonyl (C=O) groups is 4. The van der Waals surface area contributed by atoms with Crippen molar-refractivity contribution in [1.82, 2.24) is 0 Å². The van der Waals surface area contributed by atoms with Crippen LogP contribution in [0.5, 0.6) is 11.5 Å². The van der Waals surface area contributed by atoms with Gasteiger partial charge in [0.2, 0.25) is 0 Å². The molecule has 0 amide bonds. The maximum atomic E-state index is 11.9. The highest BCUT2D eigenvalue weighted by molar-refractivity contribution is 5.79. The number of aliphatic carboxylic acids is 1. The van der Waals surface area contributed by atoms with Gasteiger partial charge in [0.05, 0.1) is 19.8 Å². The van der Waals surface area contributed by atoms with E-state index in [1.165, 1.54) is 25.1 Å². The van der Waals surface area contributed by atoms with Gasteiger partial charge in [0.1, 0.15) is 11.6 Å². The summed E-state index contributed by atoms with van der Waals surface area (Å²) in [5.41, 5.74) is 4.59. The fourth-order valence-corrected chi connectivity index (χ4v) is 2.77. The molecule has 0 heterocycles. The van der Waals surface area contributed by atoms with Crippen LogP contribution in [0.3, 0.4) is 0 Å². The lowest BCUT2D eigenvalue weighted by molar-refractivity contribution is -0.144. The van der Waals surface area contributed by atoms with Gasteiger partial charge in [0, 0.05) is 12.8 Å². The van der Waals surface area contributed by atoms with Gasteiger partial charge in [-0.15, -0.1) is 0 Å². The first-order valence-corrected chi connectivity index (χ1v) is 10.2. The van der Waals surface area contributed by atoms with E-state index in [1.54, 1.807) is 20.8 Å². The lowest BCUT2D eigenvalue weighted by Crippen LogP contribution is -2.52. The van der Waals surface area contributed by atoms with Gasteiger partial charge in [-0.2, -0.15) is 0 Å². The van der Waals surface area contributed by atoms with Crippen LogP contribution >= 0.6 is 0 Å². The van der Waals surface area contributed by atoms with E-state index in [1.807, 2.05) is 0 Å². The first kappa shape index (κ1) is 27.5. The number of hydrogen-bond donors (Lipinski definition) is 2. The van der Waals surface area contributed by atoms with Gasteiger partial charge < -0.3 is 39.3 Å². The Morgan fingerprint density at radius 3 is 1.94 bits per heavy atom. The minimum Gasteiger partial charge on any atom is -0.480 e. The summed E-state index contributed by atoms with van der Waals surface area (Å²) in [6, 6.07) is 4.02. The molecule has 0 aliphatic rings. The Labute approximate surface area is 190 Å². The molecule has 33 heavy (non-hydrogen) atoms. The molecule has 12 nitrogen and oxygen atoms in total. The molecule has 0 fully saturated rings. The molecule has 0 aliphatic carbocycles. The Bertz CT molecular complexity index is 841. The number of hydrogen-bond acceptors (Lipinski definition) is 11. The van der Waals surface area contributed by atoms with Crippen molar-refractivity contribution in [2.75, 3.05) is 19.8 Å². The van der Waals surface area contributed by atoms with Crippen LogP contribution in [0.15, 0.2) is 18.2 Å². The second kappa shape index (κ2) is 13.1. The van der Waals surface area contributed by atoms with Crippen molar-refractivity contribution < 1.29 is 52.7 Å². The van der Waals surface area contributed by atoms with E-state index in [2.05, 4.69) is 4.74 Å². The monoisotopic (exact) mass is 471 g/mol. The molecule has 0 saturated carbocycles. The average molecular weight is 471 g/mol. The van der Waals surface area contributed by atoms with Gasteiger partial charge in [-0.25, -0.2) is 14.4 Å². The highest BCUT2D eigenvalue weighted by Gasteiger charge is 2.37. The smallest absolute Gasteiger partial charge is 0.480 e. The van der Waals surface area contributed by atoms with E-state index in [-0.39, 0.29) is 44.2 Å². The van der Waals surface area contributed by atoms with Gasteiger partial charge in [0.15, 0.2) is 11.5 Å². The Morgan fingerprint density at radius 2 is 1.42 bits per heavy atom. The average Bonchev–Trinajstić information content (AvgIpc) is 2.70. The molecule has 0 bridgehead atoms. The van der Waals surface area contributed by atoms with Crippen LogP contribution in [-0.4, -0.2) is 61.0 Å². The van der Waals surface area contributed by atoms with Crippen LogP contribution in [-0.2, 0) is 30.2 Å². The van der Waals surface area contributed by atoms with Crippen LogP contribution in [0.2, 0.25) is 0 Å². The summed E-state index contributed by atoms with van der Waals surface area (Å²) in [6.07, 6.45) is -4.37. The van der Waals surface area contributed by atoms with Gasteiger partial charge >= 0.3 is 24.4 Å². The zero-order valence-corrected chi connectivity index (χ0v) is 19.0. The number of nitrogens with two attached hydrogens (primary N) is 1. The van der Waals surface area contributed by atoms with Gasteiger partial charge in [-0.05, 0) is 45.4 Å². The SMILES string of the molecule is CCOC(=O)Oc1ccc(CC(N)(C[C@H](C)OC(=O)OCC)C(=O)O)cc1OC(=O)OCC. The van der Waals surface area contributed by atoms with Gasteiger partial charge in [-0.3, -0.25) is 4.79 Å². The summed E-state index contributed by atoms with van der Waals surface area (Å²) in [6.45, 7) is 6.43. The number of ether oxygens (including phenoxy) is 6. The molecule has 1 rings (SSSR count). The van der Waals surface area contributed by atoms with Crippen molar-refractivity contribution in [3.05, 3.63) is 23.8 Å². The highest BCUT2D eigenvalue weighted by atomic mass is 16.7. The third kappa shape index (κ3) is 9.23. The third-order valence-electron chi connectivity index (χ3n) is 4.08. The Balaban J connectivity index is 3.14. The molecule has 3 N–H and O–H groups in total. The summed E-state index contributed by atoms with van der Waals surface area (Å²) in [4.78, 5) is 46.9. The van der Waals surface area contributed by atoms with Crippen LogP contribution in [0.1, 0.15) is 39.7 Å². The second-order valence-corrected chi connectivity index (χ2v) is 6.80. The minimum atomic E-state index is -1.85. The standard InChI is InChI=1S/C21H29NO11/c1-5-28-18(25)31-13(4)11-21(22,17(23)24)12-14-8-9-15(32-19(26)29-6-2)16(10-14)33-20(27)30-7-3/h8-10,13H,5-7,11-12,22H2,1-4H3,(H,23,24)/t13-,21?/m0/s1. The summed E-state index contributed by atoms with van der Waals surface area (Å²) >= 11 is 0. The zero-order chi connectivity index (χ0) is 25.0. The van der Waals surface area contributed by atoms with Crippen LogP contribution in [0.25, 0.3) is 0 Å². The summed E-state index contributed by atoms with van der Waals surface area (Å²) in [5, 5.41) is 9.71. The predicted octanol–water partition coefficient (Wildman–Crippen LogP) is 3.03. The number of benzene rings is 1. The highest BCUT2D eigenvalue weighted by Crippen LogP contribution is 2.31. The van der Waals surface area contributed by atoms with Crippen LogP contribution in [0, 0.1) is 0 Å². The van der Waals surface area contributed by atoms with Crippen LogP contribution < -0.4 is 15.2 Å². The summed E-state index contributed by atoms with van der Waals surface area (Å²) < 4.78 is 29.2. The molecule has 0 aliphatic heterocycles. The molecule has 12 heteroatoms. The molecular weight excluding hydrogens is 442 g/mol.